The predicted octanol–water partition coefficient (Wildman–Crippen LogP) is 4.33. The first-order valence-corrected chi connectivity index (χ1v) is 7.39. The minimum atomic E-state index is 0.0357. The van der Waals surface area contributed by atoms with E-state index in [0.29, 0.717) is 15.8 Å². The van der Waals surface area contributed by atoms with Crippen molar-refractivity contribution in [1.82, 2.24) is 0 Å². The number of allylic oxidation sites excluding steroid dienone is 1. The summed E-state index contributed by atoms with van der Waals surface area (Å²) in [6.45, 7) is 0.277. The van der Waals surface area contributed by atoms with Gasteiger partial charge >= 0.3 is 0 Å². The Kier molecular flexibility index (Phi) is 5.53. The molecule has 0 fully saturated rings. The van der Waals surface area contributed by atoms with Gasteiger partial charge in [-0.2, -0.15) is 15.8 Å². The van der Waals surface area contributed by atoms with Gasteiger partial charge in [-0.25, -0.2) is 0 Å². The summed E-state index contributed by atoms with van der Waals surface area (Å²) in [5, 5.41) is 26.6. The molecule has 110 valence electrons. The average molecular weight is 364 g/mol. The van der Waals surface area contributed by atoms with Gasteiger partial charge < -0.3 is 4.74 Å². The molecule has 0 saturated carbocycles. The average Bonchev–Trinajstić information content (AvgIpc) is 2.59. The van der Waals surface area contributed by atoms with Gasteiger partial charge in [-0.15, -0.1) is 0 Å². The number of nitriles is 3. The fraction of sp³-hybridized carbons (Fsp3) is 0.0556. The van der Waals surface area contributed by atoms with Gasteiger partial charge in [0.2, 0.25) is 0 Å². The third-order valence-corrected chi connectivity index (χ3v) is 3.65. The lowest BCUT2D eigenvalue weighted by Crippen LogP contribution is -1.98. The Morgan fingerprint density at radius 2 is 1.83 bits per heavy atom. The van der Waals surface area contributed by atoms with Crippen molar-refractivity contribution in [3.63, 3.8) is 0 Å². The molecule has 4 nitrogen and oxygen atoms in total. The predicted molar refractivity (Wildman–Crippen MR) is 88.8 cm³/mol. The third-order valence-electron chi connectivity index (χ3n) is 3.03. The van der Waals surface area contributed by atoms with Crippen LogP contribution < -0.4 is 4.74 Å². The smallest absolute Gasteiger partial charge is 0.134 e. The normalized spacial score (nSPS) is 9.13. The Bertz CT molecular complexity index is 866. The Hall–Kier alpha value is -3.07. The topological polar surface area (TPSA) is 80.6 Å². The summed E-state index contributed by atoms with van der Waals surface area (Å²) in [7, 11) is 0. The largest absolute Gasteiger partial charge is 0.488 e. The van der Waals surface area contributed by atoms with Gasteiger partial charge in [-0.05, 0) is 45.8 Å². The molecule has 0 amide bonds. The van der Waals surface area contributed by atoms with Crippen LogP contribution in [0.4, 0.5) is 0 Å². The molecule has 0 aromatic heterocycles. The number of benzene rings is 2. The molecule has 0 aliphatic heterocycles. The van der Waals surface area contributed by atoms with Gasteiger partial charge in [0.15, 0.2) is 0 Å². The molecule has 0 saturated heterocycles. The van der Waals surface area contributed by atoms with Crippen LogP contribution in [-0.2, 0) is 6.61 Å². The highest BCUT2D eigenvalue weighted by Gasteiger charge is 2.06. The summed E-state index contributed by atoms with van der Waals surface area (Å²) >= 11 is 3.40. The van der Waals surface area contributed by atoms with E-state index in [1.54, 1.807) is 30.3 Å². The quantitative estimate of drug-likeness (QED) is 0.757. The molecule has 0 unspecified atom stereocenters. The van der Waals surface area contributed by atoms with Gasteiger partial charge in [-0.1, -0.05) is 24.3 Å². The van der Waals surface area contributed by atoms with Crippen LogP contribution in [0.3, 0.4) is 0 Å². The number of ether oxygens (including phenoxy) is 1. The Balaban J connectivity index is 2.17. The zero-order valence-corrected chi connectivity index (χ0v) is 13.5. The van der Waals surface area contributed by atoms with Gasteiger partial charge in [0.1, 0.15) is 30.1 Å². The van der Waals surface area contributed by atoms with E-state index < -0.39 is 0 Å². The SMILES string of the molecule is N#CC(C#N)=Cc1ccc(OCc2ccccc2C#N)c(Br)c1. The Morgan fingerprint density at radius 3 is 2.48 bits per heavy atom. The summed E-state index contributed by atoms with van der Waals surface area (Å²) in [4.78, 5) is 0. The summed E-state index contributed by atoms with van der Waals surface area (Å²) in [5.74, 6) is 0.616. The molecule has 0 aliphatic rings. The van der Waals surface area contributed by atoms with E-state index >= 15 is 0 Å². The molecule has 0 bridgehead atoms. The highest BCUT2D eigenvalue weighted by molar-refractivity contribution is 9.10. The van der Waals surface area contributed by atoms with E-state index in [9.17, 15) is 0 Å². The van der Waals surface area contributed by atoms with Crippen molar-refractivity contribution in [2.45, 2.75) is 6.61 Å². The lowest BCUT2D eigenvalue weighted by molar-refractivity contribution is 0.304. The van der Waals surface area contributed by atoms with Gasteiger partial charge in [0, 0.05) is 5.56 Å². The van der Waals surface area contributed by atoms with E-state index in [-0.39, 0.29) is 12.2 Å². The fourth-order valence-electron chi connectivity index (χ4n) is 1.89. The summed E-state index contributed by atoms with van der Waals surface area (Å²) in [6.07, 6.45) is 1.50. The molecule has 2 aromatic rings. The number of halogens is 1. The first kappa shape index (κ1) is 16.3. The molecule has 0 radical (unpaired) electrons. The molecule has 2 aromatic carbocycles. The number of hydrogen-bond acceptors (Lipinski definition) is 4. The van der Waals surface area contributed by atoms with E-state index in [1.807, 2.05) is 24.3 Å². The van der Waals surface area contributed by atoms with Crippen molar-refractivity contribution < 1.29 is 4.74 Å². The highest BCUT2D eigenvalue weighted by atomic mass is 79.9. The molecule has 0 N–H and O–H groups in total. The van der Waals surface area contributed by atoms with E-state index in [4.69, 9.17) is 20.5 Å². The minimum Gasteiger partial charge on any atom is -0.488 e. The van der Waals surface area contributed by atoms with Crippen molar-refractivity contribution in [2.24, 2.45) is 0 Å². The van der Waals surface area contributed by atoms with Crippen LogP contribution in [0, 0.1) is 34.0 Å². The molecule has 0 spiro atoms. The first-order chi connectivity index (χ1) is 11.2. The van der Waals surface area contributed by atoms with Crippen LogP contribution >= 0.6 is 15.9 Å². The maximum Gasteiger partial charge on any atom is 0.134 e. The van der Waals surface area contributed by atoms with Crippen molar-refractivity contribution in [2.75, 3.05) is 0 Å². The lowest BCUT2D eigenvalue weighted by Gasteiger charge is -2.10. The number of hydrogen-bond donors (Lipinski definition) is 0. The molecule has 23 heavy (non-hydrogen) atoms. The van der Waals surface area contributed by atoms with Crippen LogP contribution in [0.1, 0.15) is 16.7 Å². The minimum absolute atomic E-state index is 0.0357. The summed E-state index contributed by atoms with van der Waals surface area (Å²) in [5.41, 5.74) is 2.14. The molecule has 0 atom stereocenters. The van der Waals surface area contributed by atoms with E-state index in [1.165, 1.54) is 6.08 Å². The van der Waals surface area contributed by atoms with Crippen molar-refractivity contribution in [1.29, 1.82) is 15.8 Å². The second kappa shape index (κ2) is 7.80. The molecule has 0 heterocycles. The fourth-order valence-corrected chi connectivity index (χ4v) is 2.40. The maximum atomic E-state index is 9.06. The van der Waals surface area contributed by atoms with Crippen LogP contribution in [0.25, 0.3) is 6.08 Å². The maximum absolute atomic E-state index is 9.06. The van der Waals surface area contributed by atoms with Crippen LogP contribution in [0.2, 0.25) is 0 Å². The molecule has 5 heteroatoms. The second-order valence-electron chi connectivity index (χ2n) is 4.53. The van der Waals surface area contributed by atoms with Crippen molar-refractivity contribution in [3.05, 3.63) is 69.2 Å². The number of rotatable bonds is 4. The van der Waals surface area contributed by atoms with Crippen LogP contribution in [0.5, 0.6) is 5.75 Å². The highest BCUT2D eigenvalue weighted by Crippen LogP contribution is 2.28. The number of nitrogens with zero attached hydrogens (tertiary/aromatic N) is 3. The monoisotopic (exact) mass is 363 g/mol. The Labute approximate surface area is 142 Å². The zero-order valence-electron chi connectivity index (χ0n) is 12.0. The third kappa shape index (κ3) is 4.20. The van der Waals surface area contributed by atoms with E-state index in [2.05, 4.69) is 22.0 Å². The molecular weight excluding hydrogens is 354 g/mol. The van der Waals surface area contributed by atoms with Crippen LogP contribution in [0.15, 0.2) is 52.5 Å². The van der Waals surface area contributed by atoms with E-state index in [0.717, 1.165) is 11.1 Å². The van der Waals surface area contributed by atoms with Gasteiger partial charge in [0.05, 0.1) is 16.1 Å². The molecular formula is C18H10BrN3O. The second-order valence-corrected chi connectivity index (χ2v) is 5.38. The zero-order chi connectivity index (χ0) is 16.7. The molecule has 2 rings (SSSR count). The summed E-state index contributed by atoms with van der Waals surface area (Å²) < 4.78 is 6.43. The summed E-state index contributed by atoms with van der Waals surface area (Å²) in [6, 6.07) is 18.3. The van der Waals surface area contributed by atoms with Crippen LogP contribution in [-0.4, -0.2) is 0 Å². The van der Waals surface area contributed by atoms with Gasteiger partial charge in [0.25, 0.3) is 0 Å². The lowest BCUT2D eigenvalue weighted by atomic mass is 10.1. The van der Waals surface area contributed by atoms with Gasteiger partial charge in [-0.3, -0.25) is 0 Å². The molecule has 0 aliphatic carbocycles. The van der Waals surface area contributed by atoms with Crippen molar-refractivity contribution >= 4 is 22.0 Å². The van der Waals surface area contributed by atoms with Crippen molar-refractivity contribution in [3.8, 4) is 24.0 Å². The standard InChI is InChI=1S/C18H10BrN3O/c19-17-8-13(7-14(9-20)10-21)5-6-18(17)23-12-16-4-2-1-3-15(16)11-22/h1-8H,12H2. The Morgan fingerprint density at radius 1 is 1.09 bits per heavy atom. The first-order valence-electron chi connectivity index (χ1n) is 6.60.